The molecule has 0 spiro atoms. The molecule has 2 nitrogen and oxygen atoms in total. The van der Waals surface area contributed by atoms with E-state index in [9.17, 15) is 0 Å². The van der Waals surface area contributed by atoms with Gasteiger partial charge >= 0.3 is 0 Å². The van der Waals surface area contributed by atoms with Crippen LogP contribution in [0, 0.1) is 0 Å². The molecule has 1 aliphatic carbocycles. The van der Waals surface area contributed by atoms with Gasteiger partial charge in [0.15, 0.2) is 0 Å². The van der Waals surface area contributed by atoms with Crippen molar-refractivity contribution in [2.75, 3.05) is 13.2 Å². The van der Waals surface area contributed by atoms with Crippen LogP contribution >= 0.6 is 31.9 Å². The third-order valence-electron chi connectivity index (χ3n) is 3.46. The van der Waals surface area contributed by atoms with E-state index in [1.54, 1.807) is 0 Å². The van der Waals surface area contributed by atoms with Crippen LogP contribution in [0.5, 0.6) is 5.75 Å². The Morgan fingerprint density at radius 2 is 1.94 bits per heavy atom. The van der Waals surface area contributed by atoms with Crippen molar-refractivity contribution in [3.8, 4) is 5.75 Å². The molecule has 0 aromatic heterocycles. The number of benzene rings is 1. The standard InChI is InChI=1S/C13H13Br2NO/c14-11-8-2-1-7(3-5-16)10(8)9-4-6-17-13(9)12(11)15/h3H,1-2,4-6,16H2/b7-3+. The van der Waals surface area contributed by atoms with Crippen LogP contribution in [0.3, 0.4) is 0 Å². The van der Waals surface area contributed by atoms with E-state index in [1.165, 1.54) is 22.3 Å². The second-order valence-corrected chi connectivity index (χ2v) is 5.94. The Morgan fingerprint density at radius 1 is 1.12 bits per heavy atom. The van der Waals surface area contributed by atoms with Crippen molar-refractivity contribution in [3.63, 3.8) is 0 Å². The van der Waals surface area contributed by atoms with Gasteiger partial charge < -0.3 is 10.5 Å². The molecular weight excluding hydrogens is 346 g/mol. The molecule has 0 unspecified atom stereocenters. The molecule has 1 aliphatic heterocycles. The number of ether oxygens (including phenoxy) is 1. The van der Waals surface area contributed by atoms with Gasteiger partial charge in [0.1, 0.15) is 5.75 Å². The first-order valence-electron chi connectivity index (χ1n) is 5.79. The summed E-state index contributed by atoms with van der Waals surface area (Å²) in [6.07, 6.45) is 5.33. The Labute approximate surface area is 117 Å². The number of rotatable bonds is 1. The monoisotopic (exact) mass is 357 g/mol. The summed E-state index contributed by atoms with van der Waals surface area (Å²) in [6, 6.07) is 0. The molecule has 2 N–H and O–H groups in total. The summed E-state index contributed by atoms with van der Waals surface area (Å²) in [5.74, 6) is 1.01. The van der Waals surface area contributed by atoms with Crippen LogP contribution in [-0.2, 0) is 12.8 Å². The first-order valence-corrected chi connectivity index (χ1v) is 7.37. The van der Waals surface area contributed by atoms with Gasteiger partial charge in [-0.2, -0.15) is 0 Å². The molecule has 0 saturated carbocycles. The van der Waals surface area contributed by atoms with Gasteiger partial charge in [-0.25, -0.2) is 0 Å². The summed E-state index contributed by atoms with van der Waals surface area (Å²) in [4.78, 5) is 0. The minimum atomic E-state index is 0.609. The van der Waals surface area contributed by atoms with Crippen LogP contribution < -0.4 is 10.5 Å². The lowest BCUT2D eigenvalue weighted by Gasteiger charge is -2.12. The van der Waals surface area contributed by atoms with Crippen LogP contribution in [-0.4, -0.2) is 13.2 Å². The van der Waals surface area contributed by atoms with E-state index < -0.39 is 0 Å². The average Bonchev–Trinajstić information content (AvgIpc) is 2.92. The number of fused-ring (bicyclic) bond motifs is 3. The molecule has 0 amide bonds. The second-order valence-electron chi connectivity index (χ2n) is 4.35. The lowest BCUT2D eigenvalue weighted by atomic mass is 9.98. The van der Waals surface area contributed by atoms with E-state index in [1.807, 2.05) is 0 Å². The highest BCUT2D eigenvalue weighted by molar-refractivity contribution is 9.13. The van der Waals surface area contributed by atoms with Crippen molar-refractivity contribution >= 4 is 37.4 Å². The molecule has 1 heterocycles. The molecule has 0 fully saturated rings. The molecule has 17 heavy (non-hydrogen) atoms. The number of halogens is 2. The topological polar surface area (TPSA) is 35.2 Å². The molecule has 0 atom stereocenters. The molecule has 90 valence electrons. The largest absolute Gasteiger partial charge is 0.492 e. The smallest absolute Gasteiger partial charge is 0.138 e. The van der Waals surface area contributed by atoms with Gasteiger partial charge in [-0.1, -0.05) is 6.08 Å². The summed E-state index contributed by atoms with van der Waals surface area (Å²) in [6.45, 7) is 1.39. The minimum absolute atomic E-state index is 0.609. The predicted molar refractivity (Wildman–Crippen MR) is 76.4 cm³/mol. The van der Waals surface area contributed by atoms with Crippen molar-refractivity contribution in [3.05, 3.63) is 31.7 Å². The van der Waals surface area contributed by atoms with Crippen molar-refractivity contribution in [1.82, 2.24) is 0 Å². The highest BCUT2D eigenvalue weighted by Gasteiger charge is 2.30. The third kappa shape index (κ3) is 1.69. The summed E-state index contributed by atoms with van der Waals surface area (Å²) >= 11 is 7.31. The van der Waals surface area contributed by atoms with Gasteiger partial charge in [0.05, 0.1) is 11.1 Å². The molecule has 3 rings (SSSR count). The van der Waals surface area contributed by atoms with E-state index in [-0.39, 0.29) is 0 Å². The van der Waals surface area contributed by atoms with Crippen LogP contribution in [0.2, 0.25) is 0 Å². The Hall–Kier alpha value is -0.320. The van der Waals surface area contributed by atoms with Gasteiger partial charge in [-0.3, -0.25) is 0 Å². The zero-order valence-corrected chi connectivity index (χ0v) is 12.5. The fourth-order valence-electron chi connectivity index (χ4n) is 2.77. The fourth-order valence-corrected chi connectivity index (χ4v) is 3.94. The molecule has 1 aromatic carbocycles. The van der Waals surface area contributed by atoms with Crippen molar-refractivity contribution in [2.24, 2.45) is 5.73 Å². The Kier molecular flexibility index (Phi) is 3.05. The number of nitrogens with two attached hydrogens (primary N) is 1. The van der Waals surface area contributed by atoms with Crippen molar-refractivity contribution in [2.45, 2.75) is 19.3 Å². The highest BCUT2D eigenvalue weighted by atomic mass is 79.9. The predicted octanol–water partition coefficient (Wildman–Crippen LogP) is 3.43. The van der Waals surface area contributed by atoms with Gasteiger partial charge in [0.2, 0.25) is 0 Å². The SMILES string of the molecule is NC/C=C1\CCc2c(Br)c(Br)c3c(c21)CCO3. The maximum Gasteiger partial charge on any atom is 0.138 e. The molecule has 0 saturated heterocycles. The van der Waals surface area contributed by atoms with Crippen LogP contribution in [0.4, 0.5) is 0 Å². The molecule has 4 heteroatoms. The summed E-state index contributed by atoms with van der Waals surface area (Å²) in [5.41, 5.74) is 11.2. The van der Waals surface area contributed by atoms with Crippen molar-refractivity contribution < 1.29 is 4.74 Å². The minimum Gasteiger partial charge on any atom is -0.492 e. The number of allylic oxidation sites excluding steroid dienone is 1. The fraction of sp³-hybridized carbons (Fsp3) is 0.385. The Morgan fingerprint density at radius 3 is 2.71 bits per heavy atom. The lowest BCUT2D eigenvalue weighted by Crippen LogP contribution is -1.97. The van der Waals surface area contributed by atoms with E-state index in [2.05, 4.69) is 37.9 Å². The van der Waals surface area contributed by atoms with Gasteiger partial charge in [-0.05, 0) is 61.4 Å². The first-order chi connectivity index (χ1) is 8.24. The Bertz CT molecular complexity index is 523. The van der Waals surface area contributed by atoms with Crippen LogP contribution in [0.15, 0.2) is 15.0 Å². The van der Waals surface area contributed by atoms with Crippen LogP contribution in [0.25, 0.3) is 5.57 Å². The van der Waals surface area contributed by atoms with Gasteiger partial charge in [-0.15, -0.1) is 0 Å². The lowest BCUT2D eigenvalue weighted by molar-refractivity contribution is 0.354. The molecule has 2 aliphatic rings. The van der Waals surface area contributed by atoms with Gasteiger partial charge in [0.25, 0.3) is 0 Å². The molecular formula is C13H13Br2NO. The first kappa shape index (κ1) is 11.8. The number of hydrogen-bond acceptors (Lipinski definition) is 2. The third-order valence-corrected chi connectivity index (χ3v) is 5.63. The summed E-state index contributed by atoms with van der Waals surface area (Å²) in [5, 5.41) is 0. The maximum atomic E-state index is 5.73. The summed E-state index contributed by atoms with van der Waals surface area (Å²) in [7, 11) is 0. The number of hydrogen-bond donors (Lipinski definition) is 1. The average molecular weight is 359 g/mol. The maximum absolute atomic E-state index is 5.73. The van der Waals surface area contributed by atoms with E-state index in [4.69, 9.17) is 10.5 Å². The normalized spacial score (nSPS) is 19.4. The van der Waals surface area contributed by atoms with Gasteiger partial charge in [0, 0.05) is 23.0 Å². The molecule has 0 radical (unpaired) electrons. The van der Waals surface area contributed by atoms with E-state index in [0.29, 0.717) is 6.54 Å². The van der Waals surface area contributed by atoms with Crippen LogP contribution in [0.1, 0.15) is 23.1 Å². The van der Waals surface area contributed by atoms with E-state index >= 15 is 0 Å². The molecule has 1 aromatic rings. The molecule has 0 bridgehead atoms. The zero-order valence-electron chi connectivity index (χ0n) is 9.35. The Balaban J connectivity index is 2.29. The van der Waals surface area contributed by atoms with E-state index in [0.717, 1.165) is 40.6 Å². The quantitative estimate of drug-likeness (QED) is 0.834. The van der Waals surface area contributed by atoms with Crippen molar-refractivity contribution in [1.29, 1.82) is 0 Å². The summed E-state index contributed by atoms with van der Waals surface area (Å²) < 4.78 is 7.94. The zero-order chi connectivity index (χ0) is 12.0. The second kappa shape index (κ2) is 4.41. The highest BCUT2D eigenvalue weighted by Crippen LogP contribution is 2.49.